The van der Waals surface area contributed by atoms with E-state index >= 15 is 0 Å². The summed E-state index contributed by atoms with van der Waals surface area (Å²) in [7, 11) is 0. The molecule has 1 aromatic carbocycles. The number of aromatic nitrogens is 1. The van der Waals surface area contributed by atoms with Crippen LogP contribution in [0.4, 0.5) is 0 Å². The molecule has 1 atom stereocenters. The number of hydrogen-bond donors (Lipinski definition) is 1. The molecule has 3 rings (SSSR count). The molecule has 0 spiro atoms. The van der Waals surface area contributed by atoms with Crippen molar-refractivity contribution in [2.24, 2.45) is 5.92 Å². The molecule has 1 N–H and O–H groups in total. The average Bonchev–Trinajstić information content (AvgIpc) is 3.23. The van der Waals surface area contributed by atoms with Crippen LogP contribution in [0.5, 0.6) is 0 Å². The summed E-state index contributed by atoms with van der Waals surface area (Å²) in [5.41, 5.74) is 2.85. The van der Waals surface area contributed by atoms with Gasteiger partial charge in [0.05, 0.1) is 5.52 Å². The molecule has 0 saturated heterocycles. The third-order valence-electron chi connectivity index (χ3n) is 4.26. The lowest BCUT2D eigenvalue weighted by Gasteiger charge is -2.18. The van der Waals surface area contributed by atoms with Gasteiger partial charge in [0.15, 0.2) is 5.58 Å². The van der Waals surface area contributed by atoms with Crippen molar-refractivity contribution in [1.82, 2.24) is 9.88 Å². The summed E-state index contributed by atoms with van der Waals surface area (Å²) in [4.78, 5) is 11.9. The van der Waals surface area contributed by atoms with E-state index in [1.165, 1.54) is 24.8 Å². The van der Waals surface area contributed by atoms with Gasteiger partial charge in [0.1, 0.15) is 0 Å². The zero-order chi connectivity index (χ0) is 14.8. The topological polar surface area (TPSA) is 47.2 Å². The molecule has 114 valence electrons. The third-order valence-corrected chi connectivity index (χ3v) is 4.26. The number of fused-ring (bicyclic) bond motifs is 1. The standard InChI is InChI=1S/C17H24N2O2/c1-3-9-19-15-8-7-13(11-16(15)21-17(19)20)14(18-4-2)10-12-5-6-12/h7-8,11-12,14,18H,3-6,9-10H2,1-2H3. The van der Waals surface area contributed by atoms with Gasteiger partial charge >= 0.3 is 5.76 Å². The summed E-state index contributed by atoms with van der Waals surface area (Å²) in [6.45, 7) is 5.87. The van der Waals surface area contributed by atoms with Crippen molar-refractivity contribution in [1.29, 1.82) is 0 Å². The van der Waals surface area contributed by atoms with Gasteiger partial charge in [-0.1, -0.05) is 32.8 Å². The van der Waals surface area contributed by atoms with E-state index in [9.17, 15) is 4.79 Å². The molecule has 2 aromatic rings. The number of aryl methyl sites for hydroxylation is 1. The number of hydrogen-bond acceptors (Lipinski definition) is 3. The fraction of sp³-hybridized carbons (Fsp3) is 0.588. The number of rotatable bonds is 7. The van der Waals surface area contributed by atoms with Gasteiger partial charge < -0.3 is 9.73 Å². The predicted octanol–water partition coefficient (Wildman–Crippen LogP) is 3.46. The van der Waals surface area contributed by atoms with Gasteiger partial charge in [-0.05, 0) is 43.0 Å². The maximum Gasteiger partial charge on any atom is 0.419 e. The molecule has 1 unspecified atom stereocenters. The molecular formula is C17H24N2O2. The molecule has 1 fully saturated rings. The van der Waals surface area contributed by atoms with Crippen LogP contribution in [0.15, 0.2) is 27.4 Å². The van der Waals surface area contributed by atoms with Gasteiger partial charge in [-0.3, -0.25) is 4.57 Å². The highest BCUT2D eigenvalue weighted by molar-refractivity contribution is 5.74. The van der Waals surface area contributed by atoms with Crippen LogP contribution in [0.25, 0.3) is 11.1 Å². The van der Waals surface area contributed by atoms with Gasteiger partial charge in [-0.2, -0.15) is 0 Å². The lowest BCUT2D eigenvalue weighted by atomic mass is 10.0. The molecule has 1 aliphatic rings. The summed E-state index contributed by atoms with van der Waals surface area (Å²) in [5.74, 6) is 0.618. The molecule has 4 heteroatoms. The molecule has 1 saturated carbocycles. The van der Waals surface area contributed by atoms with E-state index in [1.807, 2.05) is 12.1 Å². The van der Waals surface area contributed by atoms with Gasteiger partial charge in [0.2, 0.25) is 0 Å². The Kier molecular flexibility index (Phi) is 4.15. The average molecular weight is 288 g/mol. The first-order valence-electron chi connectivity index (χ1n) is 8.09. The van der Waals surface area contributed by atoms with E-state index < -0.39 is 0 Å². The Balaban J connectivity index is 1.93. The number of benzene rings is 1. The number of nitrogens with one attached hydrogen (secondary N) is 1. The molecule has 0 aliphatic heterocycles. The maximum atomic E-state index is 11.9. The van der Waals surface area contributed by atoms with Crippen LogP contribution in [0.3, 0.4) is 0 Å². The highest BCUT2D eigenvalue weighted by Gasteiger charge is 2.26. The Morgan fingerprint density at radius 2 is 2.19 bits per heavy atom. The van der Waals surface area contributed by atoms with Crippen molar-refractivity contribution in [3.63, 3.8) is 0 Å². The molecule has 1 aromatic heterocycles. The van der Waals surface area contributed by atoms with Crippen molar-refractivity contribution in [2.45, 2.75) is 52.1 Å². The minimum absolute atomic E-state index is 0.244. The molecule has 21 heavy (non-hydrogen) atoms. The van der Waals surface area contributed by atoms with Crippen LogP contribution >= 0.6 is 0 Å². The van der Waals surface area contributed by atoms with Crippen molar-refractivity contribution in [3.8, 4) is 0 Å². The Bertz CT molecular complexity index is 667. The van der Waals surface area contributed by atoms with Crippen LogP contribution in [-0.2, 0) is 6.54 Å². The van der Waals surface area contributed by atoms with Crippen LogP contribution in [0.2, 0.25) is 0 Å². The van der Waals surface area contributed by atoms with Crippen LogP contribution in [-0.4, -0.2) is 11.1 Å². The normalized spacial score (nSPS) is 16.5. The first-order chi connectivity index (χ1) is 10.2. The fourth-order valence-corrected chi connectivity index (χ4v) is 3.01. The zero-order valence-corrected chi connectivity index (χ0v) is 12.9. The van der Waals surface area contributed by atoms with Crippen LogP contribution < -0.4 is 11.1 Å². The SMILES string of the molecule is CCCn1c(=O)oc2cc(C(CC3CC3)NCC)ccc21. The maximum absolute atomic E-state index is 11.9. The van der Waals surface area contributed by atoms with Crippen molar-refractivity contribution in [2.75, 3.05) is 6.54 Å². The Hall–Kier alpha value is -1.55. The van der Waals surface area contributed by atoms with Crippen LogP contribution in [0.1, 0.15) is 51.1 Å². The van der Waals surface area contributed by atoms with E-state index in [4.69, 9.17) is 4.42 Å². The van der Waals surface area contributed by atoms with E-state index in [0.29, 0.717) is 18.2 Å². The molecular weight excluding hydrogens is 264 g/mol. The van der Waals surface area contributed by atoms with Crippen molar-refractivity contribution < 1.29 is 4.42 Å². The minimum Gasteiger partial charge on any atom is -0.408 e. The lowest BCUT2D eigenvalue weighted by molar-refractivity contribution is 0.484. The minimum atomic E-state index is -0.244. The van der Waals surface area contributed by atoms with E-state index in [1.54, 1.807) is 4.57 Å². The largest absolute Gasteiger partial charge is 0.419 e. The monoisotopic (exact) mass is 288 g/mol. The van der Waals surface area contributed by atoms with Crippen molar-refractivity contribution >= 4 is 11.1 Å². The second kappa shape index (κ2) is 6.06. The summed E-state index contributed by atoms with van der Waals surface area (Å²) in [6, 6.07) is 6.58. The predicted molar refractivity (Wildman–Crippen MR) is 84.5 cm³/mol. The van der Waals surface area contributed by atoms with Gasteiger partial charge in [-0.25, -0.2) is 4.79 Å². The first-order valence-corrected chi connectivity index (χ1v) is 8.09. The summed E-state index contributed by atoms with van der Waals surface area (Å²) < 4.78 is 7.15. The molecule has 1 heterocycles. The van der Waals surface area contributed by atoms with Gasteiger partial charge in [0.25, 0.3) is 0 Å². The summed E-state index contributed by atoms with van der Waals surface area (Å²) in [5, 5.41) is 3.55. The number of nitrogens with zero attached hydrogens (tertiary/aromatic N) is 1. The fourth-order valence-electron chi connectivity index (χ4n) is 3.01. The van der Waals surface area contributed by atoms with Gasteiger partial charge in [-0.15, -0.1) is 0 Å². The Morgan fingerprint density at radius 1 is 1.38 bits per heavy atom. The Labute approximate surface area is 125 Å². The smallest absolute Gasteiger partial charge is 0.408 e. The second-order valence-electron chi connectivity index (χ2n) is 6.04. The second-order valence-corrected chi connectivity index (χ2v) is 6.04. The van der Waals surface area contributed by atoms with Crippen molar-refractivity contribution in [3.05, 3.63) is 34.3 Å². The van der Waals surface area contributed by atoms with Gasteiger partial charge in [0, 0.05) is 12.6 Å². The van der Waals surface area contributed by atoms with Crippen LogP contribution in [0, 0.1) is 5.92 Å². The quantitative estimate of drug-likeness (QED) is 0.848. The summed E-state index contributed by atoms with van der Waals surface area (Å²) >= 11 is 0. The Morgan fingerprint density at radius 3 is 2.86 bits per heavy atom. The van der Waals surface area contributed by atoms with E-state index in [0.717, 1.165) is 24.4 Å². The molecule has 0 bridgehead atoms. The van der Waals surface area contributed by atoms with E-state index in [2.05, 4.69) is 25.2 Å². The third kappa shape index (κ3) is 3.05. The number of oxazole rings is 1. The molecule has 1 aliphatic carbocycles. The first kappa shape index (κ1) is 14.4. The summed E-state index contributed by atoms with van der Waals surface area (Å²) in [6.07, 6.45) is 4.81. The highest BCUT2D eigenvalue weighted by atomic mass is 16.4. The highest BCUT2D eigenvalue weighted by Crippen LogP contribution is 2.38. The molecule has 0 radical (unpaired) electrons. The van der Waals surface area contributed by atoms with E-state index in [-0.39, 0.29) is 5.76 Å². The lowest BCUT2D eigenvalue weighted by Crippen LogP contribution is -2.21. The zero-order valence-electron chi connectivity index (χ0n) is 12.9. The molecule has 4 nitrogen and oxygen atoms in total. The molecule has 0 amide bonds.